The van der Waals surface area contributed by atoms with Gasteiger partial charge in [0, 0.05) is 17.1 Å². The van der Waals surface area contributed by atoms with Crippen LogP contribution in [0.25, 0.3) is 0 Å². The van der Waals surface area contributed by atoms with Crippen LogP contribution in [0.15, 0.2) is 48.5 Å². The number of nitrogens with one attached hydrogen (secondary N) is 1. The molecule has 0 aliphatic carbocycles. The van der Waals surface area contributed by atoms with Crippen molar-refractivity contribution in [2.75, 3.05) is 24.2 Å². The fourth-order valence-corrected chi connectivity index (χ4v) is 3.29. The molecular weight excluding hydrogens is 364 g/mol. The number of sulfonamides is 1. The van der Waals surface area contributed by atoms with E-state index in [1.165, 1.54) is 6.07 Å². The van der Waals surface area contributed by atoms with Crippen molar-refractivity contribution in [2.24, 2.45) is 0 Å². The summed E-state index contributed by atoms with van der Waals surface area (Å²) in [5.41, 5.74) is 1.13. The third-order valence-electron chi connectivity index (χ3n) is 3.45. The average Bonchev–Trinajstić information content (AvgIpc) is 2.57. The summed E-state index contributed by atoms with van der Waals surface area (Å²) < 4.78 is 30.3. The number of benzene rings is 2. The first-order valence-corrected chi connectivity index (χ1v) is 9.66. The lowest BCUT2D eigenvalue weighted by Gasteiger charge is -2.22. The van der Waals surface area contributed by atoms with Gasteiger partial charge in [-0.15, -0.1) is 0 Å². The molecule has 2 aromatic rings. The number of para-hydroxylation sites is 1. The van der Waals surface area contributed by atoms with Gasteiger partial charge in [-0.3, -0.25) is 9.10 Å². The largest absolute Gasteiger partial charge is 0.496 e. The summed E-state index contributed by atoms with van der Waals surface area (Å²) in [5, 5.41) is 3.09. The van der Waals surface area contributed by atoms with E-state index in [1.807, 2.05) is 18.2 Å². The maximum absolute atomic E-state index is 12.2. The molecule has 8 heteroatoms. The minimum Gasteiger partial charge on any atom is -0.496 e. The second kappa shape index (κ2) is 8.22. The van der Waals surface area contributed by atoms with Gasteiger partial charge in [0.15, 0.2) is 0 Å². The fourth-order valence-electron chi connectivity index (χ4n) is 2.26. The molecule has 2 aromatic carbocycles. The molecule has 0 unspecified atom stereocenters. The van der Waals surface area contributed by atoms with Crippen molar-refractivity contribution >= 4 is 33.2 Å². The number of halogens is 1. The molecule has 0 bridgehead atoms. The van der Waals surface area contributed by atoms with Crippen molar-refractivity contribution in [1.82, 2.24) is 5.32 Å². The molecule has 1 amide bonds. The van der Waals surface area contributed by atoms with E-state index < -0.39 is 15.9 Å². The van der Waals surface area contributed by atoms with Crippen molar-refractivity contribution in [3.63, 3.8) is 0 Å². The van der Waals surface area contributed by atoms with Crippen LogP contribution in [-0.2, 0) is 21.4 Å². The SMILES string of the molecule is COc1ccccc1CNC(=O)CN(c1cccc(Cl)c1)S(C)(=O)=O. The van der Waals surface area contributed by atoms with Gasteiger partial charge in [-0.2, -0.15) is 0 Å². The summed E-state index contributed by atoms with van der Waals surface area (Å²) >= 11 is 5.91. The molecule has 0 spiro atoms. The third-order valence-corrected chi connectivity index (χ3v) is 4.83. The minimum atomic E-state index is -3.64. The zero-order valence-electron chi connectivity index (χ0n) is 13.9. The second-order valence-corrected chi connectivity index (χ2v) is 7.68. The van der Waals surface area contributed by atoms with Crippen molar-refractivity contribution in [3.05, 3.63) is 59.1 Å². The maximum atomic E-state index is 12.2. The van der Waals surface area contributed by atoms with E-state index in [1.54, 1.807) is 31.4 Å². The number of carbonyl (C=O) groups excluding carboxylic acids is 1. The summed E-state index contributed by atoms with van der Waals surface area (Å²) in [7, 11) is -2.09. The molecule has 2 rings (SSSR count). The Balaban J connectivity index is 2.10. The maximum Gasteiger partial charge on any atom is 0.241 e. The van der Waals surface area contributed by atoms with Gasteiger partial charge in [-0.05, 0) is 24.3 Å². The van der Waals surface area contributed by atoms with Crippen molar-refractivity contribution in [3.8, 4) is 5.75 Å². The molecule has 1 N–H and O–H groups in total. The number of amides is 1. The Bertz CT molecular complexity index is 855. The summed E-state index contributed by atoms with van der Waals surface area (Å²) in [6.07, 6.45) is 1.04. The Morgan fingerprint density at radius 2 is 1.92 bits per heavy atom. The molecular formula is C17H19ClN2O4S. The van der Waals surface area contributed by atoms with Gasteiger partial charge in [0.2, 0.25) is 15.9 Å². The van der Waals surface area contributed by atoms with E-state index in [2.05, 4.69) is 5.32 Å². The zero-order chi connectivity index (χ0) is 18.4. The molecule has 0 aliphatic heterocycles. The lowest BCUT2D eigenvalue weighted by molar-refractivity contribution is -0.119. The molecule has 0 fully saturated rings. The Morgan fingerprint density at radius 1 is 1.20 bits per heavy atom. The summed E-state index contributed by atoms with van der Waals surface area (Å²) in [6.45, 7) is -0.107. The van der Waals surface area contributed by atoms with Crippen molar-refractivity contribution < 1.29 is 17.9 Å². The fraction of sp³-hybridized carbons (Fsp3) is 0.235. The van der Waals surface area contributed by atoms with Crippen LogP contribution in [0.4, 0.5) is 5.69 Å². The Morgan fingerprint density at radius 3 is 2.56 bits per heavy atom. The topological polar surface area (TPSA) is 75.7 Å². The molecule has 25 heavy (non-hydrogen) atoms. The van der Waals surface area contributed by atoms with Crippen LogP contribution in [0.5, 0.6) is 5.75 Å². The lowest BCUT2D eigenvalue weighted by atomic mass is 10.2. The van der Waals surface area contributed by atoms with Gasteiger partial charge >= 0.3 is 0 Å². The first-order chi connectivity index (χ1) is 11.8. The highest BCUT2D eigenvalue weighted by molar-refractivity contribution is 7.92. The van der Waals surface area contributed by atoms with E-state index in [4.69, 9.17) is 16.3 Å². The van der Waals surface area contributed by atoms with Crippen LogP contribution in [-0.4, -0.2) is 34.2 Å². The molecule has 0 heterocycles. The van der Waals surface area contributed by atoms with Crippen molar-refractivity contribution in [2.45, 2.75) is 6.54 Å². The normalized spacial score (nSPS) is 11.0. The molecule has 0 aliphatic rings. The Hall–Kier alpha value is -2.25. The molecule has 6 nitrogen and oxygen atoms in total. The average molecular weight is 383 g/mol. The van der Waals surface area contributed by atoms with Crippen LogP contribution < -0.4 is 14.4 Å². The smallest absolute Gasteiger partial charge is 0.241 e. The number of ether oxygens (including phenoxy) is 1. The first kappa shape index (κ1) is 19.1. The molecule has 0 saturated carbocycles. The number of hydrogen-bond donors (Lipinski definition) is 1. The van der Waals surface area contributed by atoms with Crippen molar-refractivity contribution in [1.29, 1.82) is 0 Å². The monoisotopic (exact) mass is 382 g/mol. The standard InChI is InChI=1S/C17H19ClN2O4S/c1-24-16-9-4-3-6-13(16)11-19-17(21)12-20(25(2,22)23)15-8-5-7-14(18)10-15/h3-10H,11-12H2,1-2H3,(H,19,21). The van der Waals surface area contributed by atoms with Gasteiger partial charge in [-0.1, -0.05) is 35.9 Å². The van der Waals surface area contributed by atoms with Crippen LogP contribution >= 0.6 is 11.6 Å². The molecule has 0 radical (unpaired) electrons. The number of carbonyl (C=O) groups is 1. The summed E-state index contributed by atoms with van der Waals surface area (Å²) in [4.78, 5) is 12.2. The first-order valence-electron chi connectivity index (χ1n) is 7.43. The highest BCUT2D eigenvalue weighted by atomic mass is 35.5. The number of anilines is 1. The molecule has 0 saturated heterocycles. The highest BCUT2D eigenvalue weighted by Gasteiger charge is 2.21. The van der Waals surface area contributed by atoms with Crippen LogP contribution in [0.3, 0.4) is 0 Å². The predicted molar refractivity (Wildman–Crippen MR) is 98.5 cm³/mol. The molecule has 0 atom stereocenters. The van der Waals surface area contributed by atoms with Crippen LogP contribution in [0, 0.1) is 0 Å². The number of hydrogen-bond acceptors (Lipinski definition) is 4. The number of methoxy groups -OCH3 is 1. The van der Waals surface area contributed by atoms with E-state index >= 15 is 0 Å². The molecule has 0 aromatic heterocycles. The van der Waals surface area contributed by atoms with E-state index in [9.17, 15) is 13.2 Å². The van der Waals surface area contributed by atoms with Crippen LogP contribution in [0.2, 0.25) is 5.02 Å². The Kier molecular flexibility index (Phi) is 6.27. The minimum absolute atomic E-state index is 0.232. The predicted octanol–water partition coefficient (Wildman–Crippen LogP) is 2.43. The number of nitrogens with zero attached hydrogens (tertiary/aromatic N) is 1. The van der Waals surface area contributed by atoms with Crippen LogP contribution in [0.1, 0.15) is 5.56 Å². The van der Waals surface area contributed by atoms with Gasteiger partial charge in [-0.25, -0.2) is 8.42 Å². The lowest BCUT2D eigenvalue weighted by Crippen LogP contribution is -2.40. The summed E-state index contributed by atoms with van der Waals surface area (Å²) in [5.74, 6) is 0.217. The number of rotatable bonds is 7. The summed E-state index contributed by atoms with van der Waals surface area (Å²) in [6, 6.07) is 13.6. The van der Waals surface area contributed by atoms with Gasteiger partial charge < -0.3 is 10.1 Å². The quantitative estimate of drug-likeness (QED) is 0.798. The van der Waals surface area contributed by atoms with Gasteiger partial charge in [0.1, 0.15) is 12.3 Å². The Labute approximate surface area is 152 Å². The van der Waals surface area contributed by atoms with E-state index in [0.717, 1.165) is 16.1 Å². The second-order valence-electron chi connectivity index (χ2n) is 5.34. The third kappa shape index (κ3) is 5.37. The van der Waals surface area contributed by atoms with E-state index in [0.29, 0.717) is 16.5 Å². The highest BCUT2D eigenvalue weighted by Crippen LogP contribution is 2.21. The van der Waals surface area contributed by atoms with E-state index in [-0.39, 0.29) is 13.1 Å². The zero-order valence-corrected chi connectivity index (χ0v) is 15.5. The van der Waals surface area contributed by atoms with Gasteiger partial charge in [0.25, 0.3) is 0 Å². The molecule has 134 valence electrons. The van der Waals surface area contributed by atoms with Gasteiger partial charge in [0.05, 0.1) is 19.1 Å².